The van der Waals surface area contributed by atoms with Crippen molar-refractivity contribution >= 4 is 11.8 Å². The van der Waals surface area contributed by atoms with E-state index < -0.39 is 6.10 Å². The third kappa shape index (κ3) is 4.09. The fourth-order valence-electron chi connectivity index (χ4n) is 1.16. The fraction of sp³-hybridized carbons (Fsp3) is 0.556. The van der Waals surface area contributed by atoms with Gasteiger partial charge in [-0.05, 0) is 6.92 Å². The Hall–Kier alpha value is -1.40. The molecular formula is C9H16N4O2. The highest BCUT2D eigenvalue weighted by molar-refractivity contribution is 5.40. The summed E-state index contributed by atoms with van der Waals surface area (Å²) < 4.78 is 4.79. The van der Waals surface area contributed by atoms with Crippen LogP contribution in [0, 0.1) is 6.92 Å². The molecule has 0 aliphatic carbocycles. The van der Waals surface area contributed by atoms with Crippen molar-refractivity contribution in [2.45, 2.75) is 13.0 Å². The van der Waals surface area contributed by atoms with Crippen LogP contribution in [-0.2, 0) is 4.74 Å². The molecule has 0 amide bonds. The maximum atomic E-state index is 9.39. The van der Waals surface area contributed by atoms with Crippen molar-refractivity contribution in [1.29, 1.82) is 0 Å². The monoisotopic (exact) mass is 212 g/mol. The number of hydrogen-bond donors (Lipinski definition) is 3. The van der Waals surface area contributed by atoms with Gasteiger partial charge in [-0.2, -0.15) is 4.98 Å². The Morgan fingerprint density at radius 1 is 1.60 bits per heavy atom. The third-order valence-corrected chi connectivity index (χ3v) is 1.75. The van der Waals surface area contributed by atoms with Crippen LogP contribution in [0.25, 0.3) is 0 Å². The Labute approximate surface area is 88.5 Å². The number of nitrogens with zero attached hydrogens (tertiary/aromatic N) is 2. The summed E-state index contributed by atoms with van der Waals surface area (Å²) in [5.41, 5.74) is 6.26. The Morgan fingerprint density at radius 2 is 2.33 bits per heavy atom. The van der Waals surface area contributed by atoms with Gasteiger partial charge in [-0.1, -0.05) is 0 Å². The average molecular weight is 212 g/mol. The number of anilines is 2. The number of methoxy groups -OCH3 is 1. The van der Waals surface area contributed by atoms with Crippen molar-refractivity contribution < 1.29 is 9.84 Å². The van der Waals surface area contributed by atoms with Crippen molar-refractivity contribution in [3.05, 3.63) is 11.8 Å². The highest BCUT2D eigenvalue weighted by Crippen LogP contribution is 2.06. The van der Waals surface area contributed by atoms with E-state index in [2.05, 4.69) is 15.3 Å². The summed E-state index contributed by atoms with van der Waals surface area (Å²) in [6.07, 6.45) is -0.563. The SMILES string of the molecule is COCC(O)CNc1cc(C)nc(N)n1. The smallest absolute Gasteiger partial charge is 0.222 e. The summed E-state index contributed by atoms with van der Waals surface area (Å²) in [6.45, 7) is 2.48. The fourth-order valence-corrected chi connectivity index (χ4v) is 1.16. The van der Waals surface area contributed by atoms with Crippen molar-refractivity contribution in [3.63, 3.8) is 0 Å². The molecular weight excluding hydrogens is 196 g/mol. The van der Waals surface area contributed by atoms with Gasteiger partial charge in [0.1, 0.15) is 5.82 Å². The molecule has 0 saturated heterocycles. The predicted molar refractivity (Wildman–Crippen MR) is 57.6 cm³/mol. The van der Waals surface area contributed by atoms with Gasteiger partial charge in [0.15, 0.2) is 0 Å². The first-order chi connectivity index (χ1) is 7.11. The number of aryl methyl sites for hydroxylation is 1. The van der Waals surface area contributed by atoms with E-state index in [-0.39, 0.29) is 12.6 Å². The molecule has 1 unspecified atom stereocenters. The number of nitrogens with two attached hydrogens (primary N) is 1. The number of nitrogen functional groups attached to an aromatic ring is 1. The average Bonchev–Trinajstić information content (AvgIpc) is 2.14. The molecule has 4 N–H and O–H groups in total. The molecule has 6 heteroatoms. The minimum Gasteiger partial charge on any atom is -0.389 e. The van der Waals surface area contributed by atoms with E-state index >= 15 is 0 Å². The van der Waals surface area contributed by atoms with E-state index in [1.54, 1.807) is 6.07 Å². The van der Waals surface area contributed by atoms with Crippen LogP contribution in [0.5, 0.6) is 0 Å². The van der Waals surface area contributed by atoms with Gasteiger partial charge < -0.3 is 20.9 Å². The lowest BCUT2D eigenvalue weighted by Crippen LogP contribution is -2.24. The van der Waals surface area contributed by atoms with Crippen molar-refractivity contribution in [2.24, 2.45) is 0 Å². The summed E-state index contributed by atoms with van der Waals surface area (Å²) in [6, 6.07) is 1.76. The molecule has 0 spiro atoms. The van der Waals surface area contributed by atoms with E-state index in [9.17, 15) is 5.11 Å². The zero-order valence-corrected chi connectivity index (χ0v) is 8.90. The third-order valence-electron chi connectivity index (χ3n) is 1.75. The minimum absolute atomic E-state index is 0.221. The first-order valence-electron chi connectivity index (χ1n) is 4.64. The lowest BCUT2D eigenvalue weighted by Gasteiger charge is -2.11. The number of rotatable bonds is 5. The zero-order valence-electron chi connectivity index (χ0n) is 8.90. The number of hydrogen-bond acceptors (Lipinski definition) is 6. The number of ether oxygens (including phenoxy) is 1. The first-order valence-corrected chi connectivity index (χ1v) is 4.64. The maximum absolute atomic E-state index is 9.39. The quantitative estimate of drug-likeness (QED) is 0.625. The largest absolute Gasteiger partial charge is 0.389 e. The van der Waals surface area contributed by atoms with Crippen LogP contribution < -0.4 is 11.1 Å². The predicted octanol–water partition coefficient (Wildman–Crippen LogP) is -0.214. The van der Waals surface area contributed by atoms with Crippen LogP contribution in [-0.4, -0.2) is 41.4 Å². The van der Waals surface area contributed by atoms with Gasteiger partial charge in [-0.25, -0.2) is 4.98 Å². The van der Waals surface area contributed by atoms with Crippen molar-refractivity contribution in [1.82, 2.24) is 9.97 Å². The topological polar surface area (TPSA) is 93.3 Å². The first kappa shape index (κ1) is 11.7. The highest BCUT2D eigenvalue weighted by Gasteiger charge is 2.04. The highest BCUT2D eigenvalue weighted by atomic mass is 16.5. The maximum Gasteiger partial charge on any atom is 0.222 e. The molecule has 6 nitrogen and oxygen atoms in total. The van der Waals surface area contributed by atoms with E-state index in [1.807, 2.05) is 6.92 Å². The molecule has 0 bridgehead atoms. The van der Waals surface area contributed by atoms with Crippen LogP contribution >= 0.6 is 0 Å². The van der Waals surface area contributed by atoms with Gasteiger partial charge in [0.25, 0.3) is 0 Å². The molecule has 0 saturated carbocycles. The molecule has 0 aliphatic heterocycles. The normalized spacial score (nSPS) is 12.5. The van der Waals surface area contributed by atoms with Crippen molar-refractivity contribution in [2.75, 3.05) is 31.3 Å². The van der Waals surface area contributed by atoms with Gasteiger partial charge in [0.2, 0.25) is 5.95 Å². The molecule has 1 atom stereocenters. The van der Waals surface area contributed by atoms with Gasteiger partial charge in [-0.15, -0.1) is 0 Å². The lowest BCUT2D eigenvalue weighted by molar-refractivity contribution is 0.0727. The Balaban J connectivity index is 2.50. The summed E-state index contributed by atoms with van der Waals surface area (Å²) in [4.78, 5) is 7.91. The molecule has 0 aliphatic rings. The van der Waals surface area contributed by atoms with Gasteiger partial charge in [0.05, 0.1) is 12.7 Å². The zero-order chi connectivity index (χ0) is 11.3. The molecule has 1 aromatic heterocycles. The molecule has 1 rings (SSSR count). The van der Waals surface area contributed by atoms with Crippen LogP contribution in [0.15, 0.2) is 6.07 Å². The van der Waals surface area contributed by atoms with Crippen LogP contribution in [0.4, 0.5) is 11.8 Å². The summed E-state index contributed by atoms with van der Waals surface area (Å²) >= 11 is 0. The van der Waals surface area contributed by atoms with E-state index in [0.29, 0.717) is 12.4 Å². The second-order valence-corrected chi connectivity index (χ2v) is 3.24. The molecule has 0 aromatic carbocycles. The Bertz CT molecular complexity index is 299. The number of aliphatic hydroxyl groups excluding tert-OH is 1. The summed E-state index contributed by atoms with van der Waals surface area (Å²) in [5, 5.41) is 12.3. The van der Waals surface area contributed by atoms with Gasteiger partial charge in [-0.3, -0.25) is 0 Å². The number of aliphatic hydroxyl groups is 1. The lowest BCUT2D eigenvalue weighted by atomic mass is 10.3. The van der Waals surface area contributed by atoms with Gasteiger partial charge >= 0.3 is 0 Å². The van der Waals surface area contributed by atoms with Crippen LogP contribution in [0.2, 0.25) is 0 Å². The minimum atomic E-state index is -0.563. The molecule has 15 heavy (non-hydrogen) atoms. The standard InChI is InChI=1S/C9H16N4O2/c1-6-3-8(13-9(10)12-6)11-4-7(14)5-15-2/h3,7,14H,4-5H2,1-2H3,(H3,10,11,12,13). The molecule has 1 aromatic rings. The summed E-state index contributed by atoms with van der Waals surface area (Å²) in [5.74, 6) is 0.828. The van der Waals surface area contributed by atoms with E-state index in [0.717, 1.165) is 5.69 Å². The van der Waals surface area contributed by atoms with E-state index in [4.69, 9.17) is 10.5 Å². The molecule has 0 fully saturated rings. The second-order valence-electron chi connectivity index (χ2n) is 3.24. The molecule has 84 valence electrons. The molecule has 1 heterocycles. The number of aromatic nitrogens is 2. The number of nitrogens with one attached hydrogen (secondary N) is 1. The van der Waals surface area contributed by atoms with Crippen LogP contribution in [0.3, 0.4) is 0 Å². The Morgan fingerprint density at radius 3 is 2.93 bits per heavy atom. The summed E-state index contributed by atoms with van der Waals surface area (Å²) in [7, 11) is 1.54. The Kier molecular flexibility index (Phi) is 4.26. The van der Waals surface area contributed by atoms with Crippen LogP contribution in [0.1, 0.15) is 5.69 Å². The molecule has 0 radical (unpaired) electrons. The second kappa shape index (κ2) is 5.47. The van der Waals surface area contributed by atoms with E-state index in [1.165, 1.54) is 7.11 Å². The van der Waals surface area contributed by atoms with Crippen molar-refractivity contribution in [3.8, 4) is 0 Å². The van der Waals surface area contributed by atoms with Gasteiger partial charge in [0, 0.05) is 25.4 Å².